The molecule has 4 nitrogen and oxygen atoms in total. The van der Waals surface area contributed by atoms with E-state index in [1.54, 1.807) is 30.3 Å². The Morgan fingerprint density at radius 3 is 2.82 bits per heavy atom. The highest BCUT2D eigenvalue weighted by Crippen LogP contribution is 2.19. The Morgan fingerprint density at radius 2 is 2.05 bits per heavy atom. The van der Waals surface area contributed by atoms with Crippen molar-refractivity contribution < 1.29 is 9.50 Å². The van der Waals surface area contributed by atoms with E-state index in [1.807, 2.05) is 0 Å². The number of hydrogen-bond donors (Lipinski definition) is 1. The zero-order chi connectivity index (χ0) is 15.7. The smallest absolute Gasteiger partial charge is 0.261 e. The van der Waals surface area contributed by atoms with Gasteiger partial charge in [-0.1, -0.05) is 34.1 Å². The van der Waals surface area contributed by atoms with Crippen molar-refractivity contribution in [1.82, 2.24) is 9.55 Å². The lowest BCUT2D eigenvalue weighted by atomic mass is 10.1. The van der Waals surface area contributed by atoms with Crippen LogP contribution in [-0.2, 0) is 6.54 Å². The van der Waals surface area contributed by atoms with Gasteiger partial charge in [-0.15, -0.1) is 0 Å². The third-order valence-electron chi connectivity index (χ3n) is 3.42. The molecule has 0 spiro atoms. The Bertz CT molecular complexity index is 895. The number of aromatic nitrogens is 2. The van der Waals surface area contributed by atoms with Gasteiger partial charge >= 0.3 is 0 Å². The molecular weight excluding hydrogens is 351 g/mol. The van der Waals surface area contributed by atoms with Crippen LogP contribution in [-0.4, -0.2) is 14.7 Å². The summed E-state index contributed by atoms with van der Waals surface area (Å²) < 4.78 is 15.7. The summed E-state index contributed by atoms with van der Waals surface area (Å²) in [6.45, 7) is -0.0603. The third-order valence-corrected chi connectivity index (χ3v) is 3.91. The van der Waals surface area contributed by atoms with Crippen molar-refractivity contribution in [3.8, 4) is 0 Å². The molecule has 0 aliphatic rings. The van der Waals surface area contributed by atoms with Gasteiger partial charge in [0.25, 0.3) is 5.56 Å². The second-order valence-electron chi connectivity index (χ2n) is 4.90. The molecule has 0 amide bonds. The quantitative estimate of drug-likeness (QED) is 0.778. The molecule has 0 aliphatic carbocycles. The molecule has 3 rings (SSSR count). The normalized spacial score (nSPS) is 12.5. The maximum Gasteiger partial charge on any atom is 0.261 e. The minimum atomic E-state index is -1.12. The first-order valence-corrected chi connectivity index (χ1v) is 7.43. The third kappa shape index (κ3) is 2.80. The van der Waals surface area contributed by atoms with Crippen molar-refractivity contribution in [2.75, 3.05) is 0 Å². The number of rotatable bonds is 3. The van der Waals surface area contributed by atoms with Gasteiger partial charge in [-0.2, -0.15) is 0 Å². The Balaban J connectivity index is 1.99. The van der Waals surface area contributed by atoms with Crippen molar-refractivity contribution in [2.24, 2.45) is 0 Å². The molecule has 0 bridgehead atoms. The summed E-state index contributed by atoms with van der Waals surface area (Å²) >= 11 is 3.31. The second kappa shape index (κ2) is 5.98. The van der Waals surface area contributed by atoms with Crippen molar-refractivity contribution in [3.63, 3.8) is 0 Å². The standard InChI is InChI=1S/C16H12BrFN2O2/c17-10-5-6-14-12(7-10)16(22)20(9-19-14)8-15(21)11-3-1-2-4-13(11)18/h1-7,9,15,21H,8H2. The number of nitrogens with zero attached hydrogens (tertiary/aromatic N) is 2. The minimum absolute atomic E-state index is 0.0603. The van der Waals surface area contributed by atoms with Crippen LogP contribution < -0.4 is 5.56 Å². The van der Waals surface area contributed by atoms with E-state index < -0.39 is 11.9 Å². The summed E-state index contributed by atoms with van der Waals surface area (Å²) in [6, 6.07) is 11.2. The topological polar surface area (TPSA) is 55.1 Å². The number of hydrogen-bond acceptors (Lipinski definition) is 3. The lowest BCUT2D eigenvalue weighted by Gasteiger charge is -2.14. The van der Waals surface area contributed by atoms with Gasteiger partial charge < -0.3 is 5.11 Å². The van der Waals surface area contributed by atoms with E-state index in [2.05, 4.69) is 20.9 Å². The molecule has 1 aromatic heterocycles. The van der Waals surface area contributed by atoms with E-state index in [0.29, 0.717) is 10.9 Å². The molecular formula is C16H12BrFN2O2. The zero-order valence-electron chi connectivity index (χ0n) is 11.4. The lowest BCUT2D eigenvalue weighted by Crippen LogP contribution is -2.24. The number of fused-ring (bicyclic) bond motifs is 1. The molecule has 0 aliphatic heterocycles. The predicted octanol–water partition coefficient (Wildman–Crippen LogP) is 3.03. The van der Waals surface area contributed by atoms with Crippen molar-refractivity contribution in [2.45, 2.75) is 12.6 Å². The largest absolute Gasteiger partial charge is 0.386 e. The van der Waals surface area contributed by atoms with E-state index in [0.717, 1.165) is 4.47 Å². The van der Waals surface area contributed by atoms with E-state index >= 15 is 0 Å². The molecule has 0 fully saturated rings. The number of halogens is 2. The molecule has 0 radical (unpaired) electrons. The molecule has 3 aromatic rings. The van der Waals surface area contributed by atoms with Crippen LogP contribution in [0.1, 0.15) is 11.7 Å². The van der Waals surface area contributed by atoms with Gasteiger partial charge in [0.15, 0.2) is 0 Å². The molecule has 112 valence electrons. The van der Waals surface area contributed by atoms with E-state index in [4.69, 9.17) is 0 Å². The molecule has 0 saturated carbocycles. The monoisotopic (exact) mass is 362 g/mol. The molecule has 1 atom stereocenters. The SMILES string of the molecule is O=c1c2cc(Br)ccc2ncn1CC(O)c1ccccc1F. The number of benzene rings is 2. The van der Waals surface area contributed by atoms with E-state index in [-0.39, 0.29) is 17.7 Å². The highest BCUT2D eigenvalue weighted by molar-refractivity contribution is 9.10. The van der Waals surface area contributed by atoms with Gasteiger partial charge in [0.2, 0.25) is 0 Å². The maximum absolute atomic E-state index is 13.7. The van der Waals surface area contributed by atoms with Crippen LogP contribution in [0.5, 0.6) is 0 Å². The van der Waals surface area contributed by atoms with E-state index in [9.17, 15) is 14.3 Å². The van der Waals surface area contributed by atoms with Gasteiger partial charge in [0.05, 0.1) is 29.9 Å². The molecule has 6 heteroatoms. The van der Waals surface area contributed by atoms with Gasteiger partial charge in [-0.25, -0.2) is 9.37 Å². The van der Waals surface area contributed by atoms with Crippen molar-refractivity contribution >= 4 is 26.8 Å². The molecule has 22 heavy (non-hydrogen) atoms. The molecule has 1 heterocycles. The first kappa shape index (κ1) is 14.9. The summed E-state index contributed by atoms with van der Waals surface area (Å²) in [5.41, 5.74) is 0.454. The van der Waals surface area contributed by atoms with Crippen LogP contribution >= 0.6 is 15.9 Å². The van der Waals surface area contributed by atoms with Crippen LogP contribution in [0.2, 0.25) is 0 Å². The molecule has 0 saturated heterocycles. The van der Waals surface area contributed by atoms with Crippen molar-refractivity contribution in [3.05, 3.63) is 75.0 Å². The number of aliphatic hydroxyl groups excluding tert-OH is 1. The molecule has 1 unspecified atom stereocenters. The highest BCUT2D eigenvalue weighted by atomic mass is 79.9. The van der Waals surface area contributed by atoms with Crippen LogP contribution in [0.15, 0.2) is 58.1 Å². The highest BCUT2D eigenvalue weighted by Gasteiger charge is 2.14. The predicted molar refractivity (Wildman–Crippen MR) is 85.1 cm³/mol. The minimum Gasteiger partial charge on any atom is -0.386 e. The summed E-state index contributed by atoms with van der Waals surface area (Å²) in [6.07, 6.45) is 0.244. The Kier molecular flexibility index (Phi) is 4.04. The number of aliphatic hydroxyl groups is 1. The summed E-state index contributed by atoms with van der Waals surface area (Å²) in [7, 11) is 0. The molecule has 1 N–H and O–H groups in total. The van der Waals surface area contributed by atoms with Gasteiger partial charge in [-0.3, -0.25) is 9.36 Å². The summed E-state index contributed by atoms with van der Waals surface area (Å²) in [5, 5.41) is 10.6. The Morgan fingerprint density at radius 1 is 1.27 bits per heavy atom. The van der Waals surface area contributed by atoms with Gasteiger partial charge in [0, 0.05) is 10.0 Å². The maximum atomic E-state index is 13.7. The van der Waals surface area contributed by atoms with Crippen LogP contribution in [0.4, 0.5) is 4.39 Å². The fourth-order valence-corrected chi connectivity index (χ4v) is 2.65. The fraction of sp³-hybridized carbons (Fsp3) is 0.125. The lowest BCUT2D eigenvalue weighted by molar-refractivity contribution is 0.150. The summed E-state index contributed by atoms with van der Waals surface area (Å²) in [4.78, 5) is 16.6. The molecule has 2 aromatic carbocycles. The first-order chi connectivity index (χ1) is 10.6. The second-order valence-corrected chi connectivity index (χ2v) is 5.82. The van der Waals surface area contributed by atoms with Gasteiger partial charge in [0.1, 0.15) is 5.82 Å². The van der Waals surface area contributed by atoms with Gasteiger partial charge in [-0.05, 0) is 24.3 Å². The Hall–Kier alpha value is -2.05. The van der Waals surface area contributed by atoms with Crippen LogP contribution in [0, 0.1) is 5.82 Å². The fourth-order valence-electron chi connectivity index (χ4n) is 2.29. The van der Waals surface area contributed by atoms with Crippen LogP contribution in [0.3, 0.4) is 0 Å². The summed E-state index contributed by atoms with van der Waals surface area (Å²) in [5.74, 6) is -0.500. The first-order valence-electron chi connectivity index (χ1n) is 6.63. The van der Waals surface area contributed by atoms with Crippen LogP contribution in [0.25, 0.3) is 10.9 Å². The Labute approximate surface area is 134 Å². The average molecular weight is 363 g/mol. The van der Waals surface area contributed by atoms with E-state index in [1.165, 1.54) is 23.0 Å². The average Bonchev–Trinajstić information content (AvgIpc) is 2.51. The van der Waals surface area contributed by atoms with Crippen molar-refractivity contribution in [1.29, 1.82) is 0 Å². The zero-order valence-corrected chi connectivity index (χ0v) is 13.0.